The van der Waals surface area contributed by atoms with E-state index in [0.717, 1.165) is 78.1 Å². The molecule has 1 unspecified atom stereocenters. The maximum Gasteiger partial charge on any atom is 0.339 e. The highest BCUT2D eigenvalue weighted by atomic mass is 16.7. The van der Waals surface area contributed by atoms with Gasteiger partial charge in [0.05, 0.1) is 5.56 Å². The molecule has 1 aromatic heterocycles. The summed E-state index contributed by atoms with van der Waals surface area (Å²) in [5.41, 5.74) is 4.73. The molecule has 0 bridgehead atoms. The van der Waals surface area contributed by atoms with Crippen LogP contribution in [0.5, 0.6) is 17.2 Å². The van der Waals surface area contributed by atoms with Crippen molar-refractivity contribution in [3.63, 3.8) is 0 Å². The van der Waals surface area contributed by atoms with Crippen LogP contribution in [-0.4, -0.2) is 13.5 Å². The zero-order chi connectivity index (χ0) is 19.4. The lowest BCUT2D eigenvalue weighted by Gasteiger charge is -2.27. The molecule has 2 aromatic carbocycles. The maximum absolute atomic E-state index is 12.6. The first-order valence-electron chi connectivity index (χ1n) is 10.2. The minimum Gasteiger partial charge on any atom is -0.454 e. The number of aryl methyl sites for hydroxylation is 1. The van der Waals surface area contributed by atoms with Crippen LogP contribution in [0, 0.1) is 0 Å². The molecule has 0 spiro atoms. The van der Waals surface area contributed by atoms with Crippen LogP contribution in [0.1, 0.15) is 35.1 Å². The molecule has 1 aliphatic carbocycles. The average molecular weight is 392 g/mol. The zero-order valence-electron chi connectivity index (χ0n) is 16.1. The summed E-state index contributed by atoms with van der Waals surface area (Å²) in [6.45, 7) is 2.40. The van der Waals surface area contributed by atoms with Crippen molar-refractivity contribution in [1.82, 2.24) is 0 Å². The van der Waals surface area contributed by atoms with E-state index in [4.69, 9.17) is 18.6 Å². The molecular formula is C23H22NO5+. The molecule has 3 heterocycles. The van der Waals surface area contributed by atoms with E-state index in [9.17, 15) is 4.79 Å². The Kier molecular flexibility index (Phi) is 3.81. The predicted octanol–water partition coefficient (Wildman–Crippen LogP) is 2.34. The van der Waals surface area contributed by atoms with Gasteiger partial charge in [0.1, 0.15) is 18.8 Å². The van der Waals surface area contributed by atoms with Gasteiger partial charge in [-0.2, -0.15) is 0 Å². The summed E-state index contributed by atoms with van der Waals surface area (Å²) in [5.74, 6) is 2.41. The molecule has 29 heavy (non-hydrogen) atoms. The van der Waals surface area contributed by atoms with E-state index in [0.29, 0.717) is 12.3 Å². The monoisotopic (exact) mass is 392 g/mol. The van der Waals surface area contributed by atoms with Crippen LogP contribution in [0.4, 0.5) is 0 Å². The molecule has 3 aliphatic rings. The molecule has 1 atom stereocenters. The molecule has 3 aromatic rings. The molecule has 2 aliphatic heterocycles. The lowest BCUT2D eigenvalue weighted by molar-refractivity contribution is -0.945. The summed E-state index contributed by atoms with van der Waals surface area (Å²) in [4.78, 5) is 13.9. The second-order valence-electron chi connectivity index (χ2n) is 8.05. The van der Waals surface area contributed by atoms with E-state index in [1.54, 1.807) is 0 Å². The SMILES string of the molecule is O=c1oc2c3c(ccc2c2c1CCCC2)OC[NH+](Cc1ccc2c(c1)OCO2)C3. The van der Waals surface area contributed by atoms with E-state index in [2.05, 4.69) is 12.1 Å². The van der Waals surface area contributed by atoms with Crippen molar-refractivity contribution in [2.24, 2.45) is 0 Å². The van der Waals surface area contributed by atoms with E-state index in [1.165, 1.54) is 10.5 Å². The van der Waals surface area contributed by atoms with Gasteiger partial charge in [-0.3, -0.25) is 4.90 Å². The standard InChI is InChI=1S/C23H21NO5/c25-23-17-4-2-1-3-15(17)16-6-8-19-18(22(16)29-23)11-24(12-26-19)10-14-5-7-20-21(9-14)28-13-27-20/h5-9H,1-4,10-13H2/p+1. The zero-order valence-corrected chi connectivity index (χ0v) is 16.1. The van der Waals surface area contributed by atoms with Crippen molar-refractivity contribution < 1.29 is 23.5 Å². The molecule has 1 N–H and O–H groups in total. The van der Waals surface area contributed by atoms with Crippen LogP contribution in [0.2, 0.25) is 0 Å². The number of nitrogens with one attached hydrogen (secondary N) is 1. The first-order valence-corrected chi connectivity index (χ1v) is 10.2. The van der Waals surface area contributed by atoms with E-state index < -0.39 is 0 Å². The third kappa shape index (κ3) is 2.78. The highest BCUT2D eigenvalue weighted by Gasteiger charge is 2.27. The first-order chi connectivity index (χ1) is 14.3. The Balaban J connectivity index is 1.36. The van der Waals surface area contributed by atoms with Gasteiger partial charge in [0.15, 0.2) is 17.1 Å². The number of fused-ring (bicyclic) bond motifs is 6. The number of hydrogen-bond donors (Lipinski definition) is 1. The highest BCUT2D eigenvalue weighted by molar-refractivity contribution is 5.86. The van der Waals surface area contributed by atoms with E-state index in [-0.39, 0.29) is 12.4 Å². The Hall–Kier alpha value is -2.99. The fourth-order valence-corrected chi connectivity index (χ4v) is 4.78. The quantitative estimate of drug-likeness (QED) is 0.679. The first kappa shape index (κ1) is 16.9. The molecule has 0 fully saturated rings. The van der Waals surface area contributed by atoms with Gasteiger partial charge >= 0.3 is 5.63 Å². The van der Waals surface area contributed by atoms with Crippen molar-refractivity contribution in [1.29, 1.82) is 0 Å². The van der Waals surface area contributed by atoms with E-state index >= 15 is 0 Å². The third-order valence-corrected chi connectivity index (χ3v) is 6.20. The fraction of sp³-hybridized carbons (Fsp3) is 0.348. The number of quaternary nitrogens is 1. The molecule has 0 radical (unpaired) electrons. The topological polar surface area (TPSA) is 62.3 Å². The molecule has 6 heteroatoms. The van der Waals surface area contributed by atoms with Gasteiger partial charge in [0, 0.05) is 16.5 Å². The van der Waals surface area contributed by atoms with Gasteiger partial charge in [-0.25, -0.2) is 4.79 Å². The van der Waals surface area contributed by atoms with Crippen molar-refractivity contribution >= 4 is 11.0 Å². The van der Waals surface area contributed by atoms with Crippen molar-refractivity contribution in [2.75, 3.05) is 13.5 Å². The summed E-state index contributed by atoms with van der Waals surface area (Å²) in [6, 6.07) is 10.1. The van der Waals surface area contributed by atoms with Gasteiger partial charge in [-0.1, -0.05) is 0 Å². The molecule has 0 amide bonds. The highest BCUT2D eigenvalue weighted by Crippen LogP contribution is 2.34. The largest absolute Gasteiger partial charge is 0.454 e. The molecular weight excluding hydrogens is 370 g/mol. The molecule has 6 nitrogen and oxygen atoms in total. The number of benzene rings is 2. The number of ether oxygens (including phenoxy) is 3. The van der Waals surface area contributed by atoms with Crippen LogP contribution in [0.25, 0.3) is 11.0 Å². The summed E-state index contributed by atoms with van der Waals surface area (Å²) < 4.78 is 22.8. The van der Waals surface area contributed by atoms with Gasteiger partial charge < -0.3 is 18.6 Å². The lowest BCUT2D eigenvalue weighted by atomic mass is 9.90. The molecule has 148 valence electrons. The average Bonchev–Trinajstić information content (AvgIpc) is 3.22. The second-order valence-corrected chi connectivity index (χ2v) is 8.05. The molecule has 6 rings (SSSR count). The predicted molar refractivity (Wildman–Crippen MR) is 106 cm³/mol. The van der Waals surface area contributed by atoms with Crippen molar-refractivity contribution in [3.8, 4) is 17.2 Å². The summed E-state index contributed by atoms with van der Waals surface area (Å²) >= 11 is 0. The van der Waals surface area contributed by atoms with Crippen LogP contribution in [-0.2, 0) is 25.9 Å². The third-order valence-electron chi connectivity index (χ3n) is 6.20. The lowest BCUT2D eigenvalue weighted by Crippen LogP contribution is -3.10. The van der Waals surface area contributed by atoms with Gasteiger partial charge in [-0.15, -0.1) is 0 Å². The fourth-order valence-electron chi connectivity index (χ4n) is 4.78. The van der Waals surface area contributed by atoms with E-state index in [1.807, 2.05) is 18.2 Å². The Morgan fingerprint density at radius 1 is 0.862 bits per heavy atom. The maximum atomic E-state index is 12.6. The smallest absolute Gasteiger partial charge is 0.339 e. The summed E-state index contributed by atoms with van der Waals surface area (Å²) in [5, 5.41) is 1.07. The van der Waals surface area contributed by atoms with Crippen LogP contribution >= 0.6 is 0 Å². The minimum absolute atomic E-state index is 0.177. The van der Waals surface area contributed by atoms with Gasteiger partial charge in [-0.05, 0) is 61.6 Å². The summed E-state index contributed by atoms with van der Waals surface area (Å²) in [7, 11) is 0. The second kappa shape index (κ2) is 6.52. The molecule has 0 saturated carbocycles. The minimum atomic E-state index is -0.177. The van der Waals surface area contributed by atoms with Crippen LogP contribution in [0.3, 0.4) is 0 Å². The Labute approximate surface area is 167 Å². The Morgan fingerprint density at radius 3 is 2.62 bits per heavy atom. The molecule has 0 saturated heterocycles. The van der Waals surface area contributed by atoms with Crippen molar-refractivity contribution in [2.45, 2.75) is 38.8 Å². The summed E-state index contributed by atoms with van der Waals surface area (Å²) in [6.07, 6.45) is 3.96. The number of hydrogen-bond acceptors (Lipinski definition) is 5. The Bertz CT molecular complexity index is 1180. The normalized spacial score (nSPS) is 19.5. The van der Waals surface area contributed by atoms with Crippen LogP contribution < -0.4 is 24.7 Å². The van der Waals surface area contributed by atoms with Gasteiger partial charge in [0.2, 0.25) is 13.5 Å². The number of rotatable bonds is 2. The Morgan fingerprint density at radius 2 is 1.69 bits per heavy atom. The van der Waals surface area contributed by atoms with Crippen LogP contribution in [0.15, 0.2) is 39.5 Å². The van der Waals surface area contributed by atoms with Crippen molar-refractivity contribution in [3.05, 3.63) is 63.0 Å². The van der Waals surface area contributed by atoms with Gasteiger partial charge in [0.25, 0.3) is 0 Å².